The van der Waals surface area contributed by atoms with E-state index in [0.717, 1.165) is 35.9 Å². The van der Waals surface area contributed by atoms with Crippen molar-refractivity contribution in [3.8, 4) is 0 Å². The number of hydrogen-bond acceptors (Lipinski definition) is 3. The summed E-state index contributed by atoms with van der Waals surface area (Å²) in [6, 6.07) is 1.86. The number of pyridine rings is 1. The van der Waals surface area contributed by atoms with Crippen LogP contribution < -0.4 is 5.69 Å². The lowest BCUT2D eigenvalue weighted by molar-refractivity contribution is 0.0328. The highest BCUT2D eigenvalue weighted by molar-refractivity contribution is 9.10. The molecule has 3 heterocycles. The number of imidazole rings is 1. The van der Waals surface area contributed by atoms with Crippen LogP contribution in [0.3, 0.4) is 0 Å². The molecule has 2 aromatic rings. The van der Waals surface area contributed by atoms with Crippen LogP contribution in [0.1, 0.15) is 38.5 Å². The Balaban J connectivity index is 1.76. The molecule has 26 heavy (non-hydrogen) atoms. The SMILES string of the molecule is O=c1n(CC(F)C2CCOCC2)c2cc(Br)cnc2n1C1=CCCCC1. The Morgan fingerprint density at radius 3 is 2.88 bits per heavy atom. The molecule has 7 heteroatoms. The number of nitrogens with zero attached hydrogens (tertiary/aromatic N) is 3. The van der Waals surface area contributed by atoms with E-state index in [1.165, 1.54) is 0 Å². The number of halogens is 2. The van der Waals surface area contributed by atoms with E-state index in [1.807, 2.05) is 6.07 Å². The molecule has 0 N–H and O–H groups in total. The first-order chi connectivity index (χ1) is 12.6. The van der Waals surface area contributed by atoms with Gasteiger partial charge in [-0.25, -0.2) is 18.7 Å². The van der Waals surface area contributed by atoms with Gasteiger partial charge in [0.25, 0.3) is 0 Å². The van der Waals surface area contributed by atoms with Gasteiger partial charge in [0.2, 0.25) is 0 Å². The largest absolute Gasteiger partial charge is 0.381 e. The predicted octanol–water partition coefficient (Wildman–Crippen LogP) is 4.14. The molecule has 5 nitrogen and oxygen atoms in total. The van der Waals surface area contributed by atoms with Crippen molar-refractivity contribution < 1.29 is 9.13 Å². The number of allylic oxidation sites excluding steroid dienone is 2. The average Bonchev–Trinajstić information content (AvgIpc) is 2.94. The number of ether oxygens (including phenoxy) is 1. The number of fused-ring (bicyclic) bond motifs is 1. The van der Waals surface area contributed by atoms with Gasteiger partial charge in [-0.1, -0.05) is 6.08 Å². The second-order valence-electron chi connectivity index (χ2n) is 7.13. The average molecular weight is 424 g/mol. The van der Waals surface area contributed by atoms with E-state index in [9.17, 15) is 9.18 Å². The first-order valence-electron chi connectivity index (χ1n) is 9.33. The molecule has 1 aliphatic heterocycles. The molecule has 0 saturated carbocycles. The summed E-state index contributed by atoms with van der Waals surface area (Å²) in [7, 11) is 0. The molecule has 0 amide bonds. The molecule has 1 unspecified atom stereocenters. The Labute approximate surface area is 160 Å². The molecule has 1 atom stereocenters. The number of rotatable bonds is 4. The van der Waals surface area contributed by atoms with Gasteiger partial charge in [0.1, 0.15) is 6.17 Å². The van der Waals surface area contributed by atoms with E-state index in [1.54, 1.807) is 15.3 Å². The maximum Gasteiger partial charge on any atom is 0.334 e. The van der Waals surface area contributed by atoms with Gasteiger partial charge in [0.05, 0.1) is 12.1 Å². The van der Waals surface area contributed by atoms with Crippen LogP contribution in [0.15, 0.2) is 27.6 Å². The van der Waals surface area contributed by atoms with Crippen LogP contribution in [0.4, 0.5) is 4.39 Å². The maximum absolute atomic E-state index is 15.0. The quantitative estimate of drug-likeness (QED) is 0.742. The van der Waals surface area contributed by atoms with Crippen molar-refractivity contribution in [1.82, 2.24) is 14.1 Å². The fourth-order valence-corrected chi connectivity index (χ4v) is 4.29. The Bertz CT molecular complexity index is 883. The van der Waals surface area contributed by atoms with Crippen LogP contribution in [0.2, 0.25) is 0 Å². The summed E-state index contributed by atoms with van der Waals surface area (Å²) in [6.45, 7) is 1.27. The van der Waals surface area contributed by atoms with Crippen LogP contribution in [-0.4, -0.2) is 33.5 Å². The van der Waals surface area contributed by atoms with Crippen molar-refractivity contribution in [2.45, 2.75) is 51.2 Å². The van der Waals surface area contributed by atoms with Crippen molar-refractivity contribution in [3.05, 3.63) is 33.3 Å². The van der Waals surface area contributed by atoms with Crippen molar-refractivity contribution >= 4 is 32.8 Å². The fourth-order valence-electron chi connectivity index (χ4n) is 3.97. The van der Waals surface area contributed by atoms with Crippen molar-refractivity contribution in [2.75, 3.05) is 13.2 Å². The van der Waals surface area contributed by atoms with Crippen molar-refractivity contribution in [2.24, 2.45) is 5.92 Å². The molecule has 1 aliphatic carbocycles. The maximum atomic E-state index is 15.0. The van der Waals surface area contributed by atoms with Crippen molar-refractivity contribution in [3.63, 3.8) is 0 Å². The van der Waals surface area contributed by atoms with Gasteiger partial charge >= 0.3 is 5.69 Å². The van der Waals surface area contributed by atoms with Gasteiger partial charge in [-0.2, -0.15) is 0 Å². The Morgan fingerprint density at radius 1 is 1.35 bits per heavy atom. The van der Waals surface area contributed by atoms with E-state index >= 15 is 0 Å². The molecule has 0 aromatic carbocycles. The molecular formula is C19H23BrFN3O2. The van der Waals surface area contributed by atoms with Crippen LogP contribution in [0.5, 0.6) is 0 Å². The highest BCUT2D eigenvalue weighted by atomic mass is 79.9. The third-order valence-corrected chi connectivity index (χ3v) is 5.86. The van der Waals surface area contributed by atoms with E-state index < -0.39 is 6.17 Å². The van der Waals surface area contributed by atoms with Gasteiger partial charge in [-0.05, 0) is 66.4 Å². The minimum Gasteiger partial charge on any atom is -0.381 e. The molecule has 2 aromatic heterocycles. The summed E-state index contributed by atoms with van der Waals surface area (Å²) >= 11 is 3.43. The highest BCUT2D eigenvalue weighted by Crippen LogP contribution is 2.27. The summed E-state index contributed by atoms with van der Waals surface area (Å²) in [6.07, 6.45) is 8.20. The highest BCUT2D eigenvalue weighted by Gasteiger charge is 2.27. The zero-order valence-electron chi connectivity index (χ0n) is 14.7. The fraction of sp³-hybridized carbons (Fsp3) is 0.579. The summed E-state index contributed by atoms with van der Waals surface area (Å²) < 4.78 is 24.3. The molecule has 1 saturated heterocycles. The zero-order chi connectivity index (χ0) is 18.1. The topological polar surface area (TPSA) is 49.1 Å². The third kappa shape index (κ3) is 3.39. The van der Waals surface area contributed by atoms with E-state index in [4.69, 9.17) is 4.74 Å². The molecule has 140 valence electrons. The summed E-state index contributed by atoms with van der Waals surface area (Å²) in [5.41, 5.74) is 2.10. The summed E-state index contributed by atoms with van der Waals surface area (Å²) in [4.78, 5) is 17.6. The zero-order valence-corrected chi connectivity index (χ0v) is 16.3. The van der Waals surface area contributed by atoms with Gasteiger partial charge in [0.15, 0.2) is 5.65 Å². The lowest BCUT2D eigenvalue weighted by atomic mass is 9.95. The molecule has 0 spiro atoms. The van der Waals surface area contributed by atoms with Gasteiger partial charge in [-0.15, -0.1) is 0 Å². The monoisotopic (exact) mass is 423 g/mol. The van der Waals surface area contributed by atoms with Gasteiger partial charge < -0.3 is 4.74 Å². The Hall–Kier alpha value is -1.47. The normalized spacial score (nSPS) is 20.3. The molecular weight excluding hydrogens is 401 g/mol. The first-order valence-corrected chi connectivity index (χ1v) is 10.1. The van der Waals surface area contributed by atoms with Crippen LogP contribution in [0, 0.1) is 5.92 Å². The molecule has 4 rings (SSSR count). The number of hydrogen-bond donors (Lipinski definition) is 0. The number of aromatic nitrogens is 3. The second kappa shape index (κ2) is 7.64. The van der Waals surface area contributed by atoms with Crippen LogP contribution in [0.25, 0.3) is 16.9 Å². The lowest BCUT2D eigenvalue weighted by Crippen LogP contribution is -2.32. The van der Waals surface area contributed by atoms with E-state index in [-0.39, 0.29) is 18.2 Å². The van der Waals surface area contributed by atoms with Crippen LogP contribution >= 0.6 is 15.9 Å². The third-order valence-electron chi connectivity index (χ3n) is 5.43. The molecule has 1 fully saturated rings. The first kappa shape index (κ1) is 17.9. The Morgan fingerprint density at radius 2 is 2.15 bits per heavy atom. The predicted molar refractivity (Wildman–Crippen MR) is 103 cm³/mol. The minimum absolute atomic E-state index is 0.0527. The summed E-state index contributed by atoms with van der Waals surface area (Å²) in [5, 5.41) is 0. The van der Waals surface area contributed by atoms with Crippen LogP contribution in [-0.2, 0) is 11.3 Å². The molecule has 0 bridgehead atoms. The smallest absolute Gasteiger partial charge is 0.334 e. The second-order valence-corrected chi connectivity index (χ2v) is 8.05. The number of alkyl halides is 1. The lowest BCUT2D eigenvalue weighted by Gasteiger charge is -2.25. The van der Waals surface area contributed by atoms with Gasteiger partial charge in [-0.3, -0.25) is 4.57 Å². The Kier molecular flexibility index (Phi) is 5.27. The van der Waals surface area contributed by atoms with Crippen molar-refractivity contribution in [1.29, 1.82) is 0 Å². The van der Waals surface area contributed by atoms with Gasteiger partial charge in [0, 0.05) is 29.6 Å². The molecule has 0 radical (unpaired) electrons. The summed E-state index contributed by atoms with van der Waals surface area (Å²) in [5.74, 6) is -0.0527. The molecule has 2 aliphatic rings. The standard InChI is InChI=1S/C19H23BrFN3O2/c20-14-10-17-18(22-11-14)24(15-4-2-1-3-5-15)19(25)23(17)12-16(21)13-6-8-26-9-7-13/h4,10-11,13,16H,1-3,5-9,12H2. The van der Waals surface area contributed by atoms with E-state index in [2.05, 4.69) is 27.0 Å². The minimum atomic E-state index is -1.06. The van der Waals surface area contributed by atoms with E-state index in [0.29, 0.717) is 37.2 Å².